The summed E-state index contributed by atoms with van der Waals surface area (Å²) in [6.07, 6.45) is 4.01. The molecule has 1 fully saturated rings. The van der Waals surface area contributed by atoms with Crippen molar-refractivity contribution in [3.05, 3.63) is 54.0 Å². The summed E-state index contributed by atoms with van der Waals surface area (Å²) < 4.78 is 18.6. The zero-order valence-corrected chi connectivity index (χ0v) is 20.1. The Morgan fingerprint density at radius 3 is 2.47 bits per heavy atom. The number of nitrogens with one attached hydrogen (secondary N) is 2. The quantitative estimate of drug-likeness (QED) is 0.336. The molecule has 1 aromatic carbocycles. The van der Waals surface area contributed by atoms with Crippen LogP contribution in [0.2, 0.25) is 0 Å². The molecule has 2 N–H and O–H groups in total. The fraction of sp³-hybridized carbons (Fsp3) is 0.455. The van der Waals surface area contributed by atoms with E-state index >= 15 is 0 Å². The predicted octanol–water partition coefficient (Wildman–Crippen LogP) is 4.17. The Bertz CT molecular complexity index is 790. The summed E-state index contributed by atoms with van der Waals surface area (Å²) in [6, 6.07) is 10.7. The van der Waals surface area contributed by atoms with Crippen LogP contribution in [0.25, 0.3) is 0 Å². The van der Waals surface area contributed by atoms with Gasteiger partial charge in [-0.25, -0.2) is 9.37 Å². The number of guanidine groups is 1. The van der Waals surface area contributed by atoms with Gasteiger partial charge in [0.25, 0.3) is 0 Å². The Morgan fingerprint density at radius 1 is 1.20 bits per heavy atom. The molecule has 164 valence electrons. The summed E-state index contributed by atoms with van der Waals surface area (Å²) in [4.78, 5) is 11.2. The van der Waals surface area contributed by atoms with Gasteiger partial charge in [0.15, 0.2) is 5.96 Å². The summed E-state index contributed by atoms with van der Waals surface area (Å²) in [5, 5.41) is 6.87. The number of hydrogen-bond donors (Lipinski definition) is 2. The molecule has 8 heteroatoms. The molecule has 1 aliphatic rings. The van der Waals surface area contributed by atoms with Crippen LogP contribution in [0.3, 0.4) is 0 Å². The van der Waals surface area contributed by atoms with E-state index in [9.17, 15) is 4.39 Å². The molecule has 0 radical (unpaired) electrons. The third kappa shape index (κ3) is 7.39. The summed E-state index contributed by atoms with van der Waals surface area (Å²) in [6.45, 7) is 7.35. The second-order valence-corrected chi connectivity index (χ2v) is 7.53. The van der Waals surface area contributed by atoms with Crippen molar-refractivity contribution in [3.8, 4) is 11.6 Å². The van der Waals surface area contributed by atoms with Crippen LogP contribution in [0.15, 0.2) is 47.6 Å². The number of rotatable bonds is 6. The van der Waals surface area contributed by atoms with E-state index in [-0.39, 0.29) is 29.8 Å². The molecule has 2 aromatic rings. The third-order valence-corrected chi connectivity index (χ3v) is 5.12. The molecule has 1 saturated heterocycles. The lowest BCUT2D eigenvalue weighted by Gasteiger charge is -2.35. The van der Waals surface area contributed by atoms with E-state index < -0.39 is 0 Å². The number of hydrogen-bond acceptors (Lipinski definition) is 4. The Morgan fingerprint density at radius 2 is 1.90 bits per heavy atom. The zero-order valence-electron chi connectivity index (χ0n) is 17.8. The van der Waals surface area contributed by atoms with Gasteiger partial charge in [-0.15, -0.1) is 24.0 Å². The van der Waals surface area contributed by atoms with Gasteiger partial charge in [-0.3, -0.25) is 4.99 Å². The lowest BCUT2D eigenvalue weighted by molar-refractivity contribution is 0.167. The van der Waals surface area contributed by atoms with Crippen molar-refractivity contribution in [2.75, 3.05) is 20.1 Å². The molecule has 0 spiro atoms. The van der Waals surface area contributed by atoms with Crippen molar-refractivity contribution in [3.63, 3.8) is 0 Å². The number of piperidine rings is 1. The molecule has 6 nitrogen and oxygen atoms in total. The van der Waals surface area contributed by atoms with Crippen molar-refractivity contribution >= 4 is 29.9 Å². The molecule has 0 atom stereocenters. The van der Waals surface area contributed by atoms with Gasteiger partial charge in [0.05, 0.1) is 0 Å². The molecular weight excluding hydrogens is 496 g/mol. The van der Waals surface area contributed by atoms with E-state index in [0.29, 0.717) is 30.3 Å². The van der Waals surface area contributed by atoms with Crippen LogP contribution in [0, 0.1) is 5.82 Å². The Kier molecular flexibility index (Phi) is 9.77. The summed E-state index contributed by atoms with van der Waals surface area (Å²) in [7, 11) is 1.79. The fourth-order valence-corrected chi connectivity index (χ4v) is 3.33. The molecule has 1 aromatic heterocycles. The smallest absolute Gasteiger partial charge is 0.219 e. The van der Waals surface area contributed by atoms with Crippen LogP contribution in [0.5, 0.6) is 11.6 Å². The normalized spacial score (nSPS) is 15.6. The van der Waals surface area contributed by atoms with E-state index in [2.05, 4.69) is 39.4 Å². The first-order valence-corrected chi connectivity index (χ1v) is 10.1. The maximum Gasteiger partial charge on any atom is 0.219 e. The van der Waals surface area contributed by atoms with Crippen molar-refractivity contribution in [2.45, 2.75) is 45.3 Å². The van der Waals surface area contributed by atoms with Crippen LogP contribution < -0.4 is 15.4 Å². The molecule has 3 rings (SSSR count). The van der Waals surface area contributed by atoms with Crippen LogP contribution >= 0.6 is 24.0 Å². The Balaban J connectivity index is 0.00000320. The summed E-state index contributed by atoms with van der Waals surface area (Å²) in [5.41, 5.74) is 1.02. The number of halogens is 2. The van der Waals surface area contributed by atoms with Crippen LogP contribution in [-0.2, 0) is 6.54 Å². The van der Waals surface area contributed by atoms with Crippen LogP contribution in [0.1, 0.15) is 32.3 Å². The summed E-state index contributed by atoms with van der Waals surface area (Å²) >= 11 is 0. The molecule has 1 aliphatic heterocycles. The average molecular weight is 527 g/mol. The van der Waals surface area contributed by atoms with Crippen molar-refractivity contribution in [1.82, 2.24) is 20.5 Å². The topological polar surface area (TPSA) is 61.8 Å². The van der Waals surface area contributed by atoms with Gasteiger partial charge in [0.2, 0.25) is 5.88 Å². The first-order chi connectivity index (χ1) is 14.0. The van der Waals surface area contributed by atoms with Crippen LogP contribution in [0.4, 0.5) is 4.39 Å². The minimum Gasteiger partial charge on any atom is -0.439 e. The van der Waals surface area contributed by atoms with Gasteiger partial charge >= 0.3 is 0 Å². The van der Waals surface area contributed by atoms with Gasteiger partial charge in [0.1, 0.15) is 11.6 Å². The van der Waals surface area contributed by atoms with E-state index in [4.69, 9.17) is 4.74 Å². The average Bonchev–Trinajstić information content (AvgIpc) is 2.74. The number of aromatic nitrogens is 1. The molecule has 2 heterocycles. The molecule has 0 aliphatic carbocycles. The minimum absolute atomic E-state index is 0. The highest BCUT2D eigenvalue weighted by molar-refractivity contribution is 14.0. The maximum absolute atomic E-state index is 13.0. The lowest BCUT2D eigenvalue weighted by atomic mass is 10.0. The largest absolute Gasteiger partial charge is 0.439 e. The molecule has 0 unspecified atom stereocenters. The maximum atomic E-state index is 13.0. The molecule has 0 amide bonds. The highest BCUT2D eigenvalue weighted by atomic mass is 127. The second kappa shape index (κ2) is 12.0. The number of ether oxygens (including phenoxy) is 1. The minimum atomic E-state index is -0.292. The van der Waals surface area contributed by atoms with Gasteiger partial charge < -0.3 is 20.3 Å². The number of likely N-dealkylation sites (tertiary alicyclic amines) is 1. The lowest BCUT2D eigenvalue weighted by Crippen LogP contribution is -2.49. The molecule has 30 heavy (non-hydrogen) atoms. The van der Waals surface area contributed by atoms with Crippen molar-refractivity contribution in [1.29, 1.82) is 0 Å². The highest BCUT2D eigenvalue weighted by Crippen LogP contribution is 2.19. The zero-order chi connectivity index (χ0) is 20.6. The van der Waals surface area contributed by atoms with E-state index in [1.165, 1.54) is 12.1 Å². The van der Waals surface area contributed by atoms with Gasteiger partial charge in [-0.2, -0.15) is 0 Å². The van der Waals surface area contributed by atoms with Crippen molar-refractivity contribution in [2.24, 2.45) is 4.99 Å². The standard InChI is InChI=1S/C22H30FN5O.HI/c1-16(2)28-12-10-19(11-13-28)27-22(24-3)26-15-17-4-9-21(25-14-17)29-20-7-5-18(23)6-8-20;/h4-9,14,16,19H,10-13,15H2,1-3H3,(H2,24,26,27);1H. The monoisotopic (exact) mass is 527 g/mol. The SMILES string of the molecule is CN=C(NCc1ccc(Oc2ccc(F)cc2)nc1)NC1CCN(C(C)C)CC1.I. The number of benzene rings is 1. The first kappa shape index (κ1) is 24.3. The number of nitrogens with zero attached hydrogens (tertiary/aromatic N) is 3. The fourth-order valence-electron chi connectivity index (χ4n) is 3.33. The Hall–Kier alpha value is -1.94. The third-order valence-electron chi connectivity index (χ3n) is 5.12. The van der Waals surface area contributed by atoms with Crippen molar-refractivity contribution < 1.29 is 9.13 Å². The molecule has 0 bridgehead atoms. The Labute approximate surface area is 195 Å². The number of aliphatic imine (C=N–C) groups is 1. The van der Waals surface area contributed by atoms with Gasteiger partial charge in [-0.1, -0.05) is 6.07 Å². The van der Waals surface area contributed by atoms with E-state index in [0.717, 1.165) is 37.5 Å². The highest BCUT2D eigenvalue weighted by Gasteiger charge is 2.21. The van der Waals surface area contributed by atoms with Crippen LogP contribution in [-0.4, -0.2) is 48.1 Å². The van der Waals surface area contributed by atoms with Gasteiger partial charge in [0, 0.05) is 51.0 Å². The summed E-state index contributed by atoms with van der Waals surface area (Å²) in [5.74, 6) is 1.54. The van der Waals surface area contributed by atoms with E-state index in [1.807, 2.05) is 6.07 Å². The van der Waals surface area contributed by atoms with Gasteiger partial charge in [-0.05, 0) is 56.5 Å². The molecular formula is C22H31FIN5O. The second-order valence-electron chi connectivity index (χ2n) is 7.53. The molecule has 0 saturated carbocycles. The first-order valence-electron chi connectivity index (χ1n) is 10.1. The number of pyridine rings is 1. The predicted molar refractivity (Wildman–Crippen MR) is 129 cm³/mol. The van der Waals surface area contributed by atoms with E-state index in [1.54, 1.807) is 31.4 Å².